The van der Waals surface area contributed by atoms with Crippen LogP contribution < -0.4 is 21.5 Å². The van der Waals surface area contributed by atoms with Crippen LogP contribution in [-0.4, -0.2) is 31.8 Å². The minimum Gasteiger partial charge on any atom is -0.399 e. The summed E-state index contributed by atoms with van der Waals surface area (Å²) in [5, 5.41) is 2.85. The van der Waals surface area contributed by atoms with E-state index in [1.54, 1.807) is 6.07 Å². The van der Waals surface area contributed by atoms with Crippen LogP contribution in [0.2, 0.25) is 0 Å². The highest BCUT2D eigenvalue weighted by atomic mass is 32.2. The van der Waals surface area contributed by atoms with Gasteiger partial charge in [0, 0.05) is 11.9 Å². The molecule has 1 aliphatic carbocycles. The van der Waals surface area contributed by atoms with Gasteiger partial charge in [0.2, 0.25) is 15.9 Å². The van der Waals surface area contributed by atoms with Crippen LogP contribution in [-0.2, 0) is 21.2 Å². The third kappa shape index (κ3) is 4.29. The average Bonchev–Trinajstić information content (AvgIpc) is 3.11. The first-order valence-corrected chi connectivity index (χ1v) is 9.90. The molecule has 27 heavy (non-hydrogen) atoms. The Kier molecular flexibility index (Phi) is 5.19. The monoisotopic (exact) mass is 391 g/mol. The van der Waals surface area contributed by atoms with Crippen LogP contribution in [0.1, 0.15) is 40.5 Å². The number of hydrogen-bond donors (Lipinski definition) is 5. The molecule has 3 rings (SSSR count). The Labute approximate surface area is 156 Å². The minimum absolute atomic E-state index is 0.0297. The summed E-state index contributed by atoms with van der Waals surface area (Å²) in [6.07, 6.45) is 3.72. The van der Waals surface area contributed by atoms with E-state index in [2.05, 4.69) is 15.0 Å². The number of hydrogen-bond acceptors (Lipinski definition) is 5. The van der Waals surface area contributed by atoms with E-state index in [1.165, 1.54) is 0 Å². The van der Waals surface area contributed by atoms with Crippen LogP contribution >= 0.6 is 0 Å². The topological polar surface area (TPSA) is 160 Å². The zero-order valence-corrected chi connectivity index (χ0v) is 15.3. The van der Waals surface area contributed by atoms with Gasteiger partial charge in [0.1, 0.15) is 10.6 Å². The molecule has 0 saturated carbocycles. The second-order valence-corrected chi connectivity index (χ2v) is 8.18. The SMILES string of the molecule is NC(=O)c1cc(S(=O)(=O)NCC(=O)NC2CCCc3cc(N)ccc32)c[nH]1. The number of nitrogen functional groups attached to an aromatic ring is 1. The molecule has 144 valence electrons. The van der Waals surface area contributed by atoms with Gasteiger partial charge in [-0.1, -0.05) is 6.07 Å². The molecule has 9 nitrogen and oxygen atoms in total. The minimum atomic E-state index is -3.94. The predicted octanol–water partition coefficient (Wildman–Crippen LogP) is 0.168. The Hall–Kier alpha value is -2.85. The summed E-state index contributed by atoms with van der Waals surface area (Å²) in [5.41, 5.74) is 13.6. The lowest BCUT2D eigenvalue weighted by Crippen LogP contribution is -2.39. The Morgan fingerprint density at radius 1 is 1.26 bits per heavy atom. The lowest BCUT2D eigenvalue weighted by Gasteiger charge is -2.26. The second kappa shape index (κ2) is 7.41. The highest BCUT2D eigenvalue weighted by Gasteiger charge is 2.23. The van der Waals surface area contributed by atoms with Gasteiger partial charge in [-0.2, -0.15) is 0 Å². The Balaban J connectivity index is 1.62. The van der Waals surface area contributed by atoms with Gasteiger partial charge in [-0.05, 0) is 48.6 Å². The first kappa shape index (κ1) is 18.9. The zero-order chi connectivity index (χ0) is 19.6. The molecule has 1 aromatic carbocycles. The molecule has 7 N–H and O–H groups in total. The first-order chi connectivity index (χ1) is 12.8. The maximum Gasteiger partial charge on any atom is 0.265 e. The van der Waals surface area contributed by atoms with Crippen molar-refractivity contribution >= 4 is 27.5 Å². The number of fused-ring (bicyclic) bond motifs is 1. The molecule has 0 radical (unpaired) electrons. The van der Waals surface area contributed by atoms with Gasteiger partial charge in [-0.25, -0.2) is 13.1 Å². The van der Waals surface area contributed by atoms with Crippen molar-refractivity contribution in [1.29, 1.82) is 0 Å². The molecular weight excluding hydrogens is 370 g/mol. The number of carbonyl (C=O) groups excluding carboxylic acids is 2. The summed E-state index contributed by atoms with van der Waals surface area (Å²) in [7, 11) is -3.94. The van der Waals surface area contributed by atoms with E-state index < -0.39 is 28.4 Å². The summed E-state index contributed by atoms with van der Waals surface area (Å²) < 4.78 is 26.7. The summed E-state index contributed by atoms with van der Waals surface area (Å²) in [5.74, 6) is -1.22. The van der Waals surface area contributed by atoms with Gasteiger partial charge in [-0.3, -0.25) is 9.59 Å². The van der Waals surface area contributed by atoms with Gasteiger partial charge in [0.25, 0.3) is 5.91 Å². The molecule has 1 heterocycles. The van der Waals surface area contributed by atoms with Crippen molar-refractivity contribution < 1.29 is 18.0 Å². The first-order valence-electron chi connectivity index (χ1n) is 8.42. The summed E-state index contributed by atoms with van der Waals surface area (Å²) in [4.78, 5) is 25.6. The lowest BCUT2D eigenvalue weighted by molar-refractivity contribution is -0.120. The zero-order valence-electron chi connectivity index (χ0n) is 14.5. The third-order valence-electron chi connectivity index (χ3n) is 4.47. The fraction of sp³-hybridized carbons (Fsp3) is 0.294. The molecule has 0 saturated heterocycles. The number of nitrogens with one attached hydrogen (secondary N) is 3. The van der Waals surface area contributed by atoms with Crippen molar-refractivity contribution in [2.24, 2.45) is 5.73 Å². The summed E-state index contributed by atoms with van der Waals surface area (Å²) in [6.45, 7) is -0.416. The van der Waals surface area contributed by atoms with E-state index in [0.29, 0.717) is 5.69 Å². The lowest BCUT2D eigenvalue weighted by atomic mass is 9.87. The number of carbonyl (C=O) groups is 2. The van der Waals surface area contributed by atoms with Crippen LogP contribution in [0.5, 0.6) is 0 Å². The number of aryl methyl sites for hydroxylation is 1. The molecule has 0 fully saturated rings. The standard InChI is InChI=1S/C17H21N5O4S/c18-11-4-5-13-10(6-11)2-1-3-14(13)22-16(23)9-21-27(25,26)12-7-15(17(19)24)20-8-12/h4-8,14,20-21H,1-3,9,18H2,(H2,19,24)(H,22,23). The number of sulfonamides is 1. The normalized spacial score (nSPS) is 16.5. The quantitative estimate of drug-likeness (QED) is 0.443. The van der Waals surface area contributed by atoms with E-state index in [-0.39, 0.29) is 16.6 Å². The number of anilines is 1. The maximum atomic E-state index is 12.2. The van der Waals surface area contributed by atoms with Crippen molar-refractivity contribution in [2.75, 3.05) is 12.3 Å². The van der Waals surface area contributed by atoms with Crippen LogP contribution in [0.25, 0.3) is 0 Å². The average molecular weight is 391 g/mol. The highest BCUT2D eigenvalue weighted by molar-refractivity contribution is 7.89. The van der Waals surface area contributed by atoms with Crippen LogP contribution in [0.4, 0.5) is 5.69 Å². The van der Waals surface area contributed by atoms with Gasteiger partial charge in [0.15, 0.2) is 0 Å². The number of aromatic nitrogens is 1. The Bertz CT molecular complexity index is 983. The van der Waals surface area contributed by atoms with Crippen molar-refractivity contribution in [3.8, 4) is 0 Å². The van der Waals surface area contributed by atoms with E-state index in [4.69, 9.17) is 11.5 Å². The number of H-pyrrole nitrogens is 1. The van der Waals surface area contributed by atoms with Crippen molar-refractivity contribution in [1.82, 2.24) is 15.0 Å². The van der Waals surface area contributed by atoms with E-state index in [1.807, 2.05) is 12.1 Å². The fourth-order valence-corrected chi connectivity index (χ4v) is 4.12. The molecular formula is C17H21N5O4S. The highest BCUT2D eigenvalue weighted by Crippen LogP contribution is 2.30. The fourth-order valence-electron chi connectivity index (χ4n) is 3.15. The third-order valence-corrected chi connectivity index (χ3v) is 5.85. The van der Waals surface area contributed by atoms with Crippen molar-refractivity contribution in [3.63, 3.8) is 0 Å². The largest absolute Gasteiger partial charge is 0.399 e. The summed E-state index contributed by atoms with van der Waals surface area (Å²) in [6, 6.07) is 6.52. The maximum absolute atomic E-state index is 12.2. The molecule has 0 aliphatic heterocycles. The van der Waals surface area contributed by atoms with Gasteiger partial charge in [-0.15, -0.1) is 0 Å². The molecule has 2 amide bonds. The smallest absolute Gasteiger partial charge is 0.265 e. The van der Waals surface area contributed by atoms with Crippen LogP contribution in [0.15, 0.2) is 35.4 Å². The molecule has 1 aliphatic rings. The molecule has 0 spiro atoms. The molecule has 0 bridgehead atoms. The molecule has 2 aromatic rings. The number of benzene rings is 1. The van der Waals surface area contributed by atoms with Gasteiger partial charge in [0.05, 0.1) is 12.6 Å². The predicted molar refractivity (Wildman–Crippen MR) is 99.2 cm³/mol. The molecule has 1 atom stereocenters. The van der Waals surface area contributed by atoms with Crippen molar-refractivity contribution in [2.45, 2.75) is 30.2 Å². The van der Waals surface area contributed by atoms with Gasteiger partial charge >= 0.3 is 0 Å². The van der Waals surface area contributed by atoms with E-state index in [9.17, 15) is 18.0 Å². The Morgan fingerprint density at radius 2 is 2.04 bits per heavy atom. The van der Waals surface area contributed by atoms with Crippen molar-refractivity contribution in [3.05, 3.63) is 47.3 Å². The molecule has 1 aromatic heterocycles. The number of rotatable bonds is 6. The summed E-state index contributed by atoms with van der Waals surface area (Å²) >= 11 is 0. The number of amides is 2. The van der Waals surface area contributed by atoms with Crippen LogP contribution in [0.3, 0.4) is 0 Å². The van der Waals surface area contributed by atoms with Crippen LogP contribution in [0, 0.1) is 0 Å². The molecule has 10 heteroatoms. The van der Waals surface area contributed by atoms with E-state index in [0.717, 1.165) is 42.7 Å². The Morgan fingerprint density at radius 3 is 2.74 bits per heavy atom. The number of primary amides is 1. The number of nitrogens with two attached hydrogens (primary N) is 2. The molecule has 1 unspecified atom stereocenters. The van der Waals surface area contributed by atoms with Gasteiger partial charge < -0.3 is 21.8 Å². The van der Waals surface area contributed by atoms with E-state index >= 15 is 0 Å². The number of aromatic amines is 1. The second-order valence-electron chi connectivity index (χ2n) is 6.41.